The molecule has 0 aliphatic carbocycles. The molecule has 0 unspecified atom stereocenters. The van der Waals surface area contributed by atoms with Crippen LogP contribution in [0.5, 0.6) is 0 Å². The molecule has 0 bridgehead atoms. The Bertz CT molecular complexity index is 1870. The van der Waals surface area contributed by atoms with Gasteiger partial charge in [0.25, 0.3) is 11.8 Å². The summed E-state index contributed by atoms with van der Waals surface area (Å²) in [6, 6.07) is 15.1. The zero-order chi connectivity index (χ0) is 33.6. The number of benzene rings is 1. The lowest BCUT2D eigenvalue weighted by Gasteiger charge is -2.23. The van der Waals surface area contributed by atoms with Crippen LogP contribution in [-0.4, -0.2) is 69.4 Å². The Morgan fingerprint density at radius 3 is 2.47 bits per heavy atom. The number of carboxylic acids is 2. The Kier molecular flexibility index (Phi) is 9.97. The summed E-state index contributed by atoms with van der Waals surface area (Å²) in [5.74, 6) is -1.67. The molecule has 1 aliphatic rings. The summed E-state index contributed by atoms with van der Waals surface area (Å²) >= 11 is 1.59. The van der Waals surface area contributed by atoms with Crippen molar-refractivity contribution >= 4 is 29.2 Å². The average molecular weight is 657 g/mol. The number of carboxylic acid groups (broad SMARTS) is 2. The van der Waals surface area contributed by atoms with Crippen molar-refractivity contribution < 1.29 is 29.0 Å². The maximum absolute atomic E-state index is 13.9. The van der Waals surface area contributed by atoms with Crippen molar-refractivity contribution in [2.24, 2.45) is 5.73 Å². The van der Waals surface area contributed by atoms with E-state index < -0.39 is 17.5 Å². The maximum atomic E-state index is 13.9. The first-order chi connectivity index (χ1) is 22.5. The quantitative estimate of drug-likeness (QED) is 0.191. The van der Waals surface area contributed by atoms with Gasteiger partial charge in [-0.3, -0.25) is 4.79 Å². The van der Waals surface area contributed by atoms with Crippen LogP contribution in [-0.2, 0) is 21.5 Å². The van der Waals surface area contributed by atoms with Gasteiger partial charge >= 0.3 is 11.9 Å². The van der Waals surface area contributed by atoms with Crippen LogP contribution in [0, 0.1) is 6.92 Å². The molecule has 0 spiro atoms. The number of aryl methyl sites for hydroxylation is 1. The van der Waals surface area contributed by atoms with Gasteiger partial charge in [0.1, 0.15) is 10.7 Å². The summed E-state index contributed by atoms with van der Waals surface area (Å²) in [4.78, 5) is 44.2. The number of amides is 1. The number of aromatic nitrogens is 6. The maximum Gasteiger partial charge on any atom is 0.328 e. The van der Waals surface area contributed by atoms with E-state index in [-0.39, 0.29) is 17.8 Å². The summed E-state index contributed by atoms with van der Waals surface area (Å²) < 4.78 is 7.66. The summed E-state index contributed by atoms with van der Waals surface area (Å²) in [5, 5.41) is 31.4. The van der Waals surface area contributed by atoms with Gasteiger partial charge in [0.2, 0.25) is 5.89 Å². The molecule has 1 amide bonds. The first-order valence-corrected chi connectivity index (χ1v) is 15.4. The third-order valence-electron chi connectivity index (χ3n) is 7.15. The molecule has 1 saturated heterocycles. The van der Waals surface area contributed by atoms with E-state index in [1.54, 1.807) is 46.6 Å². The van der Waals surface area contributed by atoms with Crippen LogP contribution in [0.3, 0.4) is 0 Å². The van der Waals surface area contributed by atoms with Crippen LogP contribution < -0.4 is 5.73 Å². The minimum absolute atomic E-state index is 0.0492. The molecule has 47 heavy (non-hydrogen) atoms. The van der Waals surface area contributed by atoms with Crippen molar-refractivity contribution in [3.8, 4) is 17.4 Å². The lowest BCUT2D eigenvalue weighted by Crippen LogP contribution is -2.35. The smallest absolute Gasteiger partial charge is 0.328 e. The lowest BCUT2D eigenvalue weighted by atomic mass is 9.94. The van der Waals surface area contributed by atoms with Gasteiger partial charge in [0, 0.05) is 47.7 Å². The van der Waals surface area contributed by atoms with Crippen molar-refractivity contribution in [1.29, 1.82) is 0 Å². The molecule has 4 N–H and O–H groups in total. The molecule has 6 rings (SSSR count). The third kappa shape index (κ3) is 8.19. The molecule has 15 heteroatoms. The lowest BCUT2D eigenvalue weighted by molar-refractivity contribution is -0.134. The highest BCUT2D eigenvalue weighted by atomic mass is 32.1. The van der Waals surface area contributed by atoms with Gasteiger partial charge < -0.3 is 25.3 Å². The number of hydrogen-bond acceptors (Lipinski definition) is 11. The molecule has 2 atom stereocenters. The second kappa shape index (κ2) is 14.3. The number of pyridine rings is 1. The predicted molar refractivity (Wildman–Crippen MR) is 171 cm³/mol. The number of thiazole rings is 1. The van der Waals surface area contributed by atoms with E-state index in [1.165, 1.54) is 0 Å². The molecule has 5 aromatic rings. The SMILES string of the molecule is Cc1csc([C@H]2CCCN2C(=O)c2cc(-c3nnc([C@](C)(N)Cc4ccccc4)o3)nc(-n3cccn3)c2)n1.O=C(O)C=CC(=O)O. The Hall–Kier alpha value is -5.54. The number of carbonyl (C=O) groups is 3. The minimum Gasteiger partial charge on any atom is -0.478 e. The van der Waals surface area contributed by atoms with Gasteiger partial charge in [-0.2, -0.15) is 5.10 Å². The average Bonchev–Trinajstić information content (AvgIpc) is 3.87. The molecule has 1 fully saturated rings. The van der Waals surface area contributed by atoms with E-state index in [2.05, 4.69) is 20.3 Å². The summed E-state index contributed by atoms with van der Waals surface area (Å²) in [6.07, 6.45) is 6.87. The molecule has 0 radical (unpaired) electrons. The van der Waals surface area contributed by atoms with Crippen LogP contribution in [0.1, 0.15) is 58.3 Å². The molecule has 1 aliphatic heterocycles. The molecule has 1 aromatic carbocycles. The Balaban J connectivity index is 0.000000483. The van der Waals surface area contributed by atoms with E-state index in [0.717, 1.165) is 29.1 Å². The first-order valence-electron chi connectivity index (χ1n) is 14.6. The van der Waals surface area contributed by atoms with Crippen LogP contribution in [0.15, 0.2) is 82.9 Å². The standard InChI is InChI=1S/C28H28N8O2S.C4H4O4/c1-18-17-39-25(31-18)22-10-6-12-35(22)26(37)20-14-21(32-23(15-20)36-13-7-11-30-36)24-33-34-27(38-24)28(2,29)16-19-8-4-3-5-9-19;5-3(6)1-2-4(7)8/h3-5,7-9,11,13-15,17,22H,6,10,12,16,29H2,1-2H3;1-2H,(H,5,6)(H,7,8)/t22-,28-;/m1./s1. The fraction of sp³-hybridized carbons (Fsp3) is 0.250. The first kappa shape index (κ1) is 32.8. The molecule has 242 valence electrons. The number of carbonyl (C=O) groups excluding carboxylic acids is 1. The number of hydrogen-bond donors (Lipinski definition) is 3. The zero-order valence-corrected chi connectivity index (χ0v) is 26.4. The highest BCUT2D eigenvalue weighted by Gasteiger charge is 2.34. The predicted octanol–water partition coefficient (Wildman–Crippen LogP) is 4.19. The van der Waals surface area contributed by atoms with Crippen molar-refractivity contribution in [3.05, 3.63) is 106 Å². The van der Waals surface area contributed by atoms with Gasteiger partial charge in [-0.15, -0.1) is 21.5 Å². The van der Waals surface area contributed by atoms with Gasteiger partial charge in [-0.1, -0.05) is 30.3 Å². The summed E-state index contributed by atoms with van der Waals surface area (Å²) in [5.41, 5.74) is 8.58. The Labute approximate surface area is 273 Å². The van der Waals surface area contributed by atoms with Gasteiger partial charge in [-0.25, -0.2) is 24.2 Å². The number of likely N-dealkylation sites (tertiary alicyclic amines) is 1. The fourth-order valence-electron chi connectivity index (χ4n) is 5.02. The number of nitrogens with zero attached hydrogens (tertiary/aromatic N) is 7. The van der Waals surface area contributed by atoms with Gasteiger partial charge in [-0.05, 0) is 56.9 Å². The largest absolute Gasteiger partial charge is 0.478 e. The van der Waals surface area contributed by atoms with E-state index in [1.807, 2.05) is 54.5 Å². The van der Waals surface area contributed by atoms with Gasteiger partial charge in [0.15, 0.2) is 5.82 Å². The summed E-state index contributed by atoms with van der Waals surface area (Å²) in [6.45, 7) is 4.48. The molecule has 4 aromatic heterocycles. The fourth-order valence-corrected chi connectivity index (χ4v) is 5.97. The highest BCUT2D eigenvalue weighted by molar-refractivity contribution is 7.09. The summed E-state index contributed by atoms with van der Waals surface area (Å²) in [7, 11) is 0. The Morgan fingerprint density at radius 1 is 1.09 bits per heavy atom. The van der Waals surface area contributed by atoms with Crippen molar-refractivity contribution in [3.63, 3.8) is 0 Å². The molecule has 0 saturated carbocycles. The van der Waals surface area contributed by atoms with E-state index in [4.69, 9.17) is 25.3 Å². The highest BCUT2D eigenvalue weighted by Crippen LogP contribution is 2.35. The van der Waals surface area contributed by atoms with Crippen molar-refractivity contribution in [2.75, 3.05) is 6.54 Å². The van der Waals surface area contributed by atoms with E-state index in [9.17, 15) is 14.4 Å². The van der Waals surface area contributed by atoms with Crippen LogP contribution in [0.4, 0.5) is 0 Å². The number of nitrogens with two attached hydrogens (primary N) is 1. The third-order valence-corrected chi connectivity index (χ3v) is 8.21. The van der Waals surface area contributed by atoms with Crippen molar-refractivity contribution in [1.82, 2.24) is 34.8 Å². The topological polar surface area (TPSA) is 203 Å². The molecule has 5 heterocycles. The number of rotatable bonds is 9. The molecular weight excluding hydrogens is 624 g/mol. The minimum atomic E-state index is -1.26. The second-order valence-corrected chi connectivity index (χ2v) is 11.9. The normalized spacial score (nSPS) is 15.6. The van der Waals surface area contributed by atoms with Gasteiger partial charge in [0.05, 0.1) is 11.6 Å². The molecular formula is C32H32N8O6S. The molecule has 14 nitrogen and oxygen atoms in total. The monoisotopic (exact) mass is 656 g/mol. The van der Waals surface area contributed by atoms with Crippen LogP contribution in [0.25, 0.3) is 17.4 Å². The zero-order valence-electron chi connectivity index (χ0n) is 25.6. The Morgan fingerprint density at radius 2 is 1.83 bits per heavy atom. The van der Waals surface area contributed by atoms with E-state index >= 15 is 0 Å². The van der Waals surface area contributed by atoms with E-state index in [0.29, 0.717) is 48.1 Å². The van der Waals surface area contributed by atoms with Crippen molar-refractivity contribution in [2.45, 2.75) is 44.7 Å². The van der Waals surface area contributed by atoms with Crippen LogP contribution in [0.2, 0.25) is 0 Å². The number of aliphatic carboxylic acids is 2. The van der Waals surface area contributed by atoms with Crippen LogP contribution >= 0.6 is 11.3 Å². The second-order valence-electron chi connectivity index (χ2n) is 11.0.